The molecule has 0 saturated carbocycles. The summed E-state index contributed by atoms with van der Waals surface area (Å²) in [6.07, 6.45) is 3.70. The Kier molecular flexibility index (Phi) is 2.80. The first-order valence-corrected chi connectivity index (χ1v) is 7.67. The highest BCUT2D eigenvalue weighted by atomic mass is 35.5. The highest BCUT2D eigenvalue weighted by molar-refractivity contribution is 5.99. The van der Waals surface area contributed by atoms with Gasteiger partial charge in [-0.15, -0.1) is 12.4 Å². The molecule has 122 valence electrons. The zero-order valence-corrected chi connectivity index (χ0v) is 13.5. The third-order valence-corrected chi connectivity index (χ3v) is 6.14. The van der Waals surface area contributed by atoms with Crippen molar-refractivity contribution in [2.45, 2.75) is 36.0 Å². The van der Waals surface area contributed by atoms with E-state index in [-0.39, 0.29) is 30.0 Å². The molecule has 2 N–H and O–H groups in total. The van der Waals surface area contributed by atoms with Gasteiger partial charge in [0.2, 0.25) is 0 Å². The highest BCUT2D eigenvalue weighted by Gasteiger charge is 2.71. The van der Waals surface area contributed by atoms with Gasteiger partial charge in [0, 0.05) is 11.6 Å². The maximum Gasteiger partial charge on any atom is 0.196 e. The molecule has 5 rings (SSSR count). The number of piperidine rings is 1. The number of phenols is 1. The van der Waals surface area contributed by atoms with Gasteiger partial charge < -0.3 is 14.9 Å². The Morgan fingerprint density at radius 2 is 2.17 bits per heavy atom. The van der Waals surface area contributed by atoms with Gasteiger partial charge in [0.15, 0.2) is 23.4 Å². The van der Waals surface area contributed by atoms with Crippen molar-refractivity contribution in [3.05, 3.63) is 35.4 Å². The number of rotatable bonds is 0. The molecule has 5 nitrogen and oxygen atoms in total. The molecular formula is C17H18ClNO4. The number of ketones is 1. The maximum absolute atomic E-state index is 12.4. The van der Waals surface area contributed by atoms with E-state index < -0.39 is 17.1 Å². The van der Waals surface area contributed by atoms with Crippen LogP contribution in [0.15, 0.2) is 24.3 Å². The molecule has 1 spiro atoms. The van der Waals surface area contributed by atoms with E-state index in [0.29, 0.717) is 18.6 Å². The lowest BCUT2D eigenvalue weighted by Crippen LogP contribution is -2.74. The monoisotopic (exact) mass is 335 g/mol. The smallest absolute Gasteiger partial charge is 0.196 e. The molecule has 4 atom stereocenters. The normalized spacial score (nSPS) is 39.5. The fourth-order valence-electron chi connectivity index (χ4n) is 5.13. The van der Waals surface area contributed by atoms with Crippen molar-refractivity contribution >= 4 is 18.2 Å². The van der Waals surface area contributed by atoms with E-state index in [1.54, 1.807) is 12.1 Å². The van der Waals surface area contributed by atoms with Gasteiger partial charge in [-0.25, -0.2) is 0 Å². The minimum Gasteiger partial charge on any atom is -0.504 e. The summed E-state index contributed by atoms with van der Waals surface area (Å²) in [5.74, 6) is 0.312. The summed E-state index contributed by atoms with van der Waals surface area (Å²) in [7, 11) is 2.01. The van der Waals surface area contributed by atoms with Gasteiger partial charge in [-0.3, -0.25) is 9.69 Å². The second-order valence-corrected chi connectivity index (χ2v) is 6.93. The SMILES string of the molecule is CN1CC[C@]23c4c5ccc(O)c4O[C@H]2C(=O)C=C[C@@]3(O)[C@H]1C5.Cl. The van der Waals surface area contributed by atoms with Crippen molar-refractivity contribution in [1.82, 2.24) is 4.90 Å². The molecule has 23 heavy (non-hydrogen) atoms. The third kappa shape index (κ3) is 1.40. The average molecular weight is 336 g/mol. The number of phenolic OH excluding ortho intramolecular Hbond substituents is 1. The van der Waals surface area contributed by atoms with E-state index in [0.717, 1.165) is 17.7 Å². The maximum atomic E-state index is 12.4. The Hall–Kier alpha value is -1.56. The summed E-state index contributed by atoms with van der Waals surface area (Å²) in [5, 5.41) is 21.7. The number of hydrogen-bond acceptors (Lipinski definition) is 5. The molecular weight excluding hydrogens is 318 g/mol. The summed E-state index contributed by atoms with van der Waals surface area (Å²) in [5.41, 5.74) is 0.0177. The van der Waals surface area contributed by atoms with Gasteiger partial charge in [-0.2, -0.15) is 0 Å². The largest absolute Gasteiger partial charge is 0.504 e. The van der Waals surface area contributed by atoms with Gasteiger partial charge in [0.05, 0.1) is 5.41 Å². The minimum absolute atomic E-state index is 0. The summed E-state index contributed by atoms with van der Waals surface area (Å²) in [6.45, 7) is 0.794. The summed E-state index contributed by atoms with van der Waals surface area (Å²) in [4.78, 5) is 14.6. The van der Waals surface area contributed by atoms with Crippen LogP contribution in [-0.2, 0) is 16.6 Å². The summed E-state index contributed by atoms with van der Waals surface area (Å²) >= 11 is 0. The van der Waals surface area contributed by atoms with Crippen molar-refractivity contribution in [2.75, 3.05) is 13.6 Å². The predicted octanol–water partition coefficient (Wildman–Crippen LogP) is 0.943. The fourth-order valence-corrected chi connectivity index (χ4v) is 5.13. The fraction of sp³-hybridized carbons (Fsp3) is 0.471. The van der Waals surface area contributed by atoms with Crippen LogP contribution >= 0.6 is 12.4 Å². The molecule has 0 unspecified atom stereocenters. The number of carbonyl (C=O) groups is 1. The van der Waals surface area contributed by atoms with Gasteiger partial charge in [0.25, 0.3) is 0 Å². The van der Waals surface area contributed by atoms with Gasteiger partial charge in [-0.1, -0.05) is 6.07 Å². The van der Waals surface area contributed by atoms with E-state index in [2.05, 4.69) is 4.90 Å². The number of likely N-dealkylation sites (tertiary alicyclic amines) is 1. The number of aliphatic hydroxyl groups is 1. The van der Waals surface area contributed by atoms with Crippen molar-refractivity contribution in [1.29, 1.82) is 0 Å². The van der Waals surface area contributed by atoms with Gasteiger partial charge in [0.1, 0.15) is 5.60 Å². The number of halogens is 1. The topological polar surface area (TPSA) is 70.0 Å². The van der Waals surface area contributed by atoms with Crippen LogP contribution in [0.2, 0.25) is 0 Å². The predicted molar refractivity (Wildman–Crippen MR) is 85.3 cm³/mol. The molecule has 0 radical (unpaired) electrons. The number of likely N-dealkylation sites (N-methyl/N-ethyl adjacent to an activating group) is 1. The number of carbonyl (C=O) groups excluding carboxylic acids is 1. The van der Waals surface area contributed by atoms with E-state index in [1.807, 2.05) is 13.1 Å². The lowest BCUT2D eigenvalue weighted by atomic mass is 9.51. The molecule has 1 aromatic rings. The van der Waals surface area contributed by atoms with E-state index in [4.69, 9.17) is 4.74 Å². The summed E-state index contributed by atoms with van der Waals surface area (Å²) in [6, 6.07) is 3.44. The number of hydrogen-bond donors (Lipinski definition) is 2. The highest BCUT2D eigenvalue weighted by Crippen LogP contribution is 2.63. The van der Waals surface area contributed by atoms with Crippen LogP contribution in [0.5, 0.6) is 11.5 Å². The quantitative estimate of drug-likeness (QED) is 0.738. The van der Waals surface area contributed by atoms with Gasteiger partial charge >= 0.3 is 0 Å². The minimum atomic E-state index is -1.13. The molecule has 0 amide bonds. The first-order chi connectivity index (χ1) is 10.5. The van der Waals surface area contributed by atoms with Crippen molar-refractivity contribution in [3.63, 3.8) is 0 Å². The van der Waals surface area contributed by atoms with Crippen LogP contribution in [-0.4, -0.2) is 52.2 Å². The van der Waals surface area contributed by atoms with Crippen LogP contribution in [0.3, 0.4) is 0 Å². The first-order valence-electron chi connectivity index (χ1n) is 7.67. The third-order valence-electron chi connectivity index (χ3n) is 6.14. The standard InChI is InChI=1S/C17H17NO4.ClH/c1-18-7-6-16-13-9-2-3-10(19)14(13)22-15(16)11(20)4-5-17(16,21)12(18)8-9;/h2-5,12,15,19,21H,6-8H2,1H3;1H/t12-,15+,16+,17-;/m1./s1. The average Bonchev–Trinajstić information content (AvgIpc) is 2.85. The lowest BCUT2D eigenvalue weighted by molar-refractivity contribution is -0.151. The van der Waals surface area contributed by atoms with Crippen LogP contribution in [0, 0.1) is 0 Å². The Morgan fingerprint density at radius 3 is 2.96 bits per heavy atom. The zero-order valence-electron chi connectivity index (χ0n) is 12.7. The van der Waals surface area contributed by atoms with Gasteiger partial charge in [-0.05, 0) is 50.2 Å². The van der Waals surface area contributed by atoms with Crippen molar-refractivity contribution in [2.24, 2.45) is 0 Å². The van der Waals surface area contributed by atoms with Crippen LogP contribution in [0.25, 0.3) is 0 Å². The number of nitrogens with zero attached hydrogens (tertiary/aromatic N) is 1. The number of benzene rings is 1. The van der Waals surface area contributed by atoms with Crippen molar-refractivity contribution < 1.29 is 19.7 Å². The lowest BCUT2D eigenvalue weighted by Gasteiger charge is -2.60. The van der Waals surface area contributed by atoms with Crippen LogP contribution in [0.1, 0.15) is 17.5 Å². The molecule has 1 saturated heterocycles. The molecule has 2 heterocycles. The number of aromatic hydroxyl groups is 1. The first kappa shape index (κ1) is 15.0. The molecule has 1 aromatic carbocycles. The Bertz CT molecular complexity index is 763. The van der Waals surface area contributed by atoms with E-state index >= 15 is 0 Å². The second-order valence-electron chi connectivity index (χ2n) is 6.93. The molecule has 2 aliphatic heterocycles. The van der Waals surface area contributed by atoms with E-state index in [1.165, 1.54) is 6.08 Å². The van der Waals surface area contributed by atoms with E-state index in [9.17, 15) is 15.0 Å². The molecule has 1 fully saturated rings. The molecule has 2 aliphatic carbocycles. The second kappa shape index (κ2) is 4.29. The number of ether oxygens (including phenoxy) is 1. The molecule has 6 heteroatoms. The molecule has 0 aromatic heterocycles. The Balaban J connectivity index is 0.00000135. The molecule has 2 bridgehead atoms. The molecule has 4 aliphatic rings. The summed E-state index contributed by atoms with van der Waals surface area (Å²) < 4.78 is 5.89. The van der Waals surface area contributed by atoms with Crippen molar-refractivity contribution in [3.8, 4) is 11.5 Å². The Labute approximate surface area is 140 Å². The zero-order chi connectivity index (χ0) is 15.3. The van der Waals surface area contributed by atoms with Crippen LogP contribution < -0.4 is 4.74 Å². The van der Waals surface area contributed by atoms with Crippen LogP contribution in [0.4, 0.5) is 0 Å². The Morgan fingerprint density at radius 1 is 1.39 bits per heavy atom.